The number of aromatic amines is 2. The van der Waals surface area contributed by atoms with Crippen molar-refractivity contribution in [3.63, 3.8) is 0 Å². The van der Waals surface area contributed by atoms with Crippen LogP contribution in [0, 0.1) is 0 Å². The minimum atomic E-state index is -1.26. The summed E-state index contributed by atoms with van der Waals surface area (Å²) in [6.07, 6.45) is 4.06. The second-order valence-electron chi connectivity index (χ2n) is 21.8. The number of aliphatic carboxylic acids is 2. The first kappa shape index (κ1) is 66.4. The van der Waals surface area contributed by atoms with Gasteiger partial charge in [0.1, 0.15) is 48.4 Å². The summed E-state index contributed by atoms with van der Waals surface area (Å²) in [5.41, 5.74) is 17.0. The number of nitrogens with two attached hydrogens (primary N) is 2. The molecule has 0 unspecified atom stereocenters. The number of carbonyl (C=O) groups excluding carboxylic acids is 2. The molecule has 0 aliphatic heterocycles. The monoisotopic (exact) mass is 1210 g/mol. The van der Waals surface area contributed by atoms with Gasteiger partial charge in [-0.05, 0) is 131 Å². The number of hydrogen-bond acceptors (Lipinski definition) is 15. The molecule has 0 fully saturated rings. The Bertz CT molecular complexity index is 3720. The van der Waals surface area contributed by atoms with E-state index in [1.165, 1.54) is 12.4 Å². The number of nitrogens with one attached hydrogen (secondary N) is 4. The van der Waals surface area contributed by atoms with Crippen molar-refractivity contribution >= 4 is 67.4 Å². The molecule has 6 aromatic carbocycles. The lowest BCUT2D eigenvalue weighted by Gasteiger charge is -2.28. The number of H-pyrrole nitrogens is 2. The van der Waals surface area contributed by atoms with E-state index in [1.807, 2.05) is 121 Å². The lowest BCUT2D eigenvalue weighted by molar-refractivity contribution is -0.134. The molecule has 2 atom stereocenters. The van der Waals surface area contributed by atoms with Crippen LogP contribution in [0.5, 0.6) is 34.8 Å². The van der Waals surface area contributed by atoms with Gasteiger partial charge in [0.05, 0.1) is 22.2 Å². The van der Waals surface area contributed by atoms with Gasteiger partial charge in [0.15, 0.2) is 0 Å². The predicted octanol–water partition coefficient (Wildman–Crippen LogP) is 9.63. The van der Waals surface area contributed by atoms with E-state index >= 15 is 0 Å². The molecule has 13 N–H and O–H groups in total. The summed E-state index contributed by atoms with van der Waals surface area (Å²) in [4.78, 5) is 56.5. The molecule has 4 heterocycles. The van der Waals surface area contributed by atoms with E-state index in [1.54, 1.807) is 31.2 Å². The van der Waals surface area contributed by atoms with Gasteiger partial charge in [0.2, 0.25) is 23.6 Å². The number of β-amino-alcohol motifs (C(OH)–C–C–N with tert-alkyl or cyclic N) is 2. The summed E-state index contributed by atoms with van der Waals surface area (Å²) in [7, 11) is 0. The molecule has 89 heavy (non-hydrogen) atoms. The van der Waals surface area contributed by atoms with Crippen LogP contribution in [0.25, 0.3) is 43.6 Å². The molecule has 464 valence electrons. The maximum absolute atomic E-state index is 11.2. The number of pyridine rings is 2. The molecular formula is C68H74N8O13. The van der Waals surface area contributed by atoms with Crippen molar-refractivity contribution in [1.29, 1.82) is 0 Å². The summed E-state index contributed by atoms with van der Waals surface area (Å²) in [6.45, 7) is 11.5. The van der Waals surface area contributed by atoms with Crippen LogP contribution in [-0.2, 0) is 22.4 Å². The fourth-order valence-corrected chi connectivity index (χ4v) is 9.31. The highest BCUT2D eigenvalue weighted by Crippen LogP contribution is 2.35. The molecule has 0 bridgehead atoms. The summed E-state index contributed by atoms with van der Waals surface area (Å²) in [6, 6.07) is 50.0. The Labute approximate surface area is 514 Å². The summed E-state index contributed by atoms with van der Waals surface area (Å²) < 4.78 is 23.6. The normalized spacial score (nSPS) is 12.0. The van der Waals surface area contributed by atoms with Crippen molar-refractivity contribution in [3.8, 4) is 34.8 Å². The number of amides is 2. The average molecular weight is 1210 g/mol. The quantitative estimate of drug-likeness (QED) is 0.0251. The van der Waals surface area contributed by atoms with Crippen molar-refractivity contribution in [2.45, 2.75) is 70.7 Å². The molecule has 0 spiro atoms. The van der Waals surface area contributed by atoms with E-state index in [4.69, 9.17) is 45.7 Å². The highest BCUT2D eigenvalue weighted by molar-refractivity contribution is 6.11. The predicted molar refractivity (Wildman–Crippen MR) is 342 cm³/mol. The number of aliphatic hydroxyl groups excluding tert-OH is 3. The van der Waals surface area contributed by atoms with Gasteiger partial charge < -0.3 is 76.5 Å². The Morgan fingerprint density at radius 3 is 1.22 bits per heavy atom. The molecule has 21 nitrogen and oxygen atoms in total. The van der Waals surface area contributed by atoms with Crippen molar-refractivity contribution in [3.05, 3.63) is 205 Å². The van der Waals surface area contributed by atoms with Crippen molar-refractivity contribution in [2.75, 3.05) is 32.9 Å². The second-order valence-corrected chi connectivity index (χ2v) is 21.8. The number of fused-ring (bicyclic) bond motifs is 6. The van der Waals surface area contributed by atoms with Gasteiger partial charge >= 0.3 is 11.9 Å². The first-order chi connectivity index (χ1) is 42.6. The lowest BCUT2D eigenvalue weighted by atomic mass is 9.94. The van der Waals surface area contributed by atoms with Gasteiger partial charge in [-0.2, -0.15) is 0 Å². The number of aromatic nitrogens is 4. The highest BCUT2D eigenvalue weighted by atomic mass is 16.5. The fraction of sp³-hybridized carbons (Fsp3) is 0.235. The number of carboxylic acids is 2. The molecule has 0 saturated carbocycles. The molecular weight excluding hydrogens is 1140 g/mol. The standard InChI is InChI=1S/2C31H32N4O4.C4H4O4.C2H6O/c2*1-31(2,16-20-10-13-23(14-11-20)39-28-15-12-21(17-33-28)30(32)37)34-18-22(36)19-38-27-9-5-8-26-29(27)24-6-3-4-7-25(24)35-26;5-3(6)1-2-4(7)8;1-2-3/h2*3-15,17,22,34-36H,16,18-19H2,1-2H3,(H2,32,37);1-2H,(H,5,6)(H,7,8);3H,2H2,1H3/b;;2-1+;/t2*22-;;/m00../s1. The third kappa shape index (κ3) is 20.2. The van der Waals surface area contributed by atoms with Gasteiger partial charge in [0.25, 0.3) is 0 Å². The molecule has 21 heteroatoms. The Balaban J connectivity index is 0.000000217. The van der Waals surface area contributed by atoms with Gasteiger partial charge in [-0.15, -0.1) is 0 Å². The SMILES string of the molecule is CC(C)(Cc1ccc(Oc2ccc(C(N)=O)cn2)cc1)NC[C@H](O)COc1cccc2[nH]c3ccccc3c12.CC(C)(Cc1ccc(Oc2ccc(C(N)=O)cn2)cc1)NC[C@H](O)COc1cccc2[nH]c3ccccc3c12.CCO.O=C(O)/C=C/C(=O)O. The molecule has 2 amide bonds. The average Bonchev–Trinajstić information content (AvgIpc) is 1.71. The number of aliphatic hydroxyl groups is 3. The Morgan fingerprint density at radius 2 is 0.888 bits per heavy atom. The maximum Gasteiger partial charge on any atom is 0.328 e. The zero-order valence-corrected chi connectivity index (χ0v) is 50.0. The fourth-order valence-electron chi connectivity index (χ4n) is 9.31. The number of benzene rings is 6. The van der Waals surface area contributed by atoms with E-state index in [9.17, 15) is 29.4 Å². The summed E-state index contributed by atoms with van der Waals surface area (Å²) in [5, 5.41) is 55.7. The number of rotatable bonds is 24. The molecule has 0 aliphatic rings. The van der Waals surface area contributed by atoms with Crippen molar-refractivity contribution in [2.24, 2.45) is 11.5 Å². The van der Waals surface area contributed by atoms with E-state index in [2.05, 4.69) is 70.4 Å². The van der Waals surface area contributed by atoms with Crippen LogP contribution in [-0.4, -0.2) is 125 Å². The zero-order chi connectivity index (χ0) is 64.1. The minimum Gasteiger partial charge on any atom is -0.490 e. The Kier molecular flexibility index (Phi) is 23.5. The topological polar surface area (TPSA) is 340 Å². The van der Waals surface area contributed by atoms with E-state index in [0.29, 0.717) is 59.6 Å². The largest absolute Gasteiger partial charge is 0.490 e. The lowest BCUT2D eigenvalue weighted by Crippen LogP contribution is -2.46. The first-order valence-electron chi connectivity index (χ1n) is 28.5. The highest BCUT2D eigenvalue weighted by Gasteiger charge is 2.22. The van der Waals surface area contributed by atoms with Gasteiger partial charge in [-0.3, -0.25) is 9.59 Å². The summed E-state index contributed by atoms with van der Waals surface area (Å²) >= 11 is 0. The van der Waals surface area contributed by atoms with Gasteiger partial charge in [-0.1, -0.05) is 72.8 Å². The molecule has 0 saturated heterocycles. The molecule has 10 aromatic rings. The van der Waals surface area contributed by atoms with Crippen LogP contribution in [0.3, 0.4) is 0 Å². The number of hydrogen-bond donors (Lipinski definition) is 11. The molecule has 10 rings (SSSR count). The van der Waals surface area contributed by atoms with Crippen molar-refractivity contribution < 1.29 is 63.7 Å². The third-order valence-corrected chi connectivity index (χ3v) is 13.5. The number of carboxylic acid groups (broad SMARTS) is 2. The van der Waals surface area contributed by atoms with E-state index in [0.717, 1.165) is 79.1 Å². The van der Waals surface area contributed by atoms with Gasteiger partial charge in [-0.25, -0.2) is 19.6 Å². The van der Waals surface area contributed by atoms with Crippen LogP contribution in [0.15, 0.2) is 182 Å². The minimum absolute atomic E-state index is 0.183. The maximum atomic E-state index is 11.2. The zero-order valence-electron chi connectivity index (χ0n) is 50.0. The number of carbonyl (C=O) groups is 4. The number of primary amides is 2. The Hall–Kier alpha value is -10.2. The van der Waals surface area contributed by atoms with Crippen molar-refractivity contribution in [1.82, 2.24) is 30.6 Å². The van der Waals surface area contributed by atoms with Crippen LogP contribution < -0.4 is 41.0 Å². The van der Waals surface area contributed by atoms with E-state index in [-0.39, 0.29) is 30.9 Å². The van der Waals surface area contributed by atoms with Crippen LogP contribution in [0.2, 0.25) is 0 Å². The number of ether oxygens (including phenoxy) is 4. The van der Waals surface area contributed by atoms with E-state index < -0.39 is 36.0 Å². The molecule has 0 aliphatic carbocycles. The molecule has 0 radical (unpaired) electrons. The van der Waals surface area contributed by atoms with Crippen LogP contribution >= 0.6 is 0 Å². The van der Waals surface area contributed by atoms with Gasteiger partial charge in [0, 0.05) is 100 Å². The second kappa shape index (κ2) is 31.5. The number of para-hydroxylation sites is 2. The number of nitrogens with zero attached hydrogens (tertiary/aromatic N) is 2. The van der Waals surface area contributed by atoms with Crippen LogP contribution in [0.4, 0.5) is 0 Å². The smallest absolute Gasteiger partial charge is 0.328 e. The third-order valence-electron chi connectivity index (χ3n) is 13.5. The first-order valence-corrected chi connectivity index (χ1v) is 28.5. The molecule has 4 aromatic heterocycles. The Morgan fingerprint density at radius 1 is 0.528 bits per heavy atom. The van der Waals surface area contributed by atoms with Crippen LogP contribution in [0.1, 0.15) is 66.5 Å². The summed E-state index contributed by atoms with van der Waals surface area (Å²) in [5.74, 6) is -0.0218.